The van der Waals surface area contributed by atoms with E-state index in [4.69, 9.17) is 26.3 Å². The van der Waals surface area contributed by atoms with Gasteiger partial charge in [-0.05, 0) is 78.2 Å². The molecule has 15 nitrogen and oxygen atoms in total. The number of likely N-dealkylation sites (tertiary alicyclic amines) is 1. The number of hydrogen-bond acceptors (Lipinski definition) is 12. The zero-order valence-corrected chi connectivity index (χ0v) is 37.2. The van der Waals surface area contributed by atoms with Crippen molar-refractivity contribution in [3.8, 4) is 40.7 Å². The predicted molar refractivity (Wildman–Crippen MR) is 250 cm³/mol. The number of phenolic OH excluding ortho intramolecular Hbond substituents is 2. The van der Waals surface area contributed by atoms with E-state index in [2.05, 4.69) is 61.8 Å². The Morgan fingerprint density at radius 3 is 2.58 bits per heavy atom. The molecule has 0 spiro atoms. The van der Waals surface area contributed by atoms with Crippen molar-refractivity contribution < 1.29 is 19.7 Å². The summed E-state index contributed by atoms with van der Waals surface area (Å²) in [5, 5.41) is 40.3. The zero-order valence-electron chi connectivity index (χ0n) is 36.5. The molecule has 3 N–H and O–H groups in total. The van der Waals surface area contributed by atoms with Crippen molar-refractivity contribution in [1.29, 1.82) is 5.26 Å². The van der Waals surface area contributed by atoms with E-state index in [0.29, 0.717) is 73.6 Å². The third kappa shape index (κ3) is 8.71. The van der Waals surface area contributed by atoms with Crippen LogP contribution in [0, 0.1) is 17.2 Å². The Morgan fingerprint density at radius 2 is 1.82 bits per heavy atom. The molecule has 2 aromatic heterocycles. The Balaban J connectivity index is 0.909. The van der Waals surface area contributed by atoms with Crippen molar-refractivity contribution >= 4 is 39.8 Å². The second kappa shape index (κ2) is 18.3. The van der Waals surface area contributed by atoms with Crippen molar-refractivity contribution in [2.24, 2.45) is 5.92 Å². The average molecular weight is 895 g/mol. The molecule has 5 heterocycles. The monoisotopic (exact) mass is 894 g/mol. The van der Waals surface area contributed by atoms with Gasteiger partial charge in [-0.25, -0.2) is 14.5 Å². The van der Waals surface area contributed by atoms with Gasteiger partial charge in [-0.15, -0.1) is 0 Å². The number of carbonyl (C=O) groups excluding carboxylic acids is 1. The molecule has 4 aromatic carbocycles. The number of aromatic nitrogens is 5. The number of nitrogens with zero attached hydrogens (tertiary/aromatic N) is 9. The third-order valence-corrected chi connectivity index (χ3v) is 13.2. The number of anilines is 2. The number of fused-ring (bicyclic) bond motifs is 2. The van der Waals surface area contributed by atoms with Gasteiger partial charge < -0.3 is 29.6 Å². The second-order valence-corrected chi connectivity index (χ2v) is 17.8. The van der Waals surface area contributed by atoms with E-state index < -0.39 is 5.69 Å². The fourth-order valence-electron chi connectivity index (χ4n) is 9.54. The third-order valence-electron chi connectivity index (χ3n) is 12.9. The lowest BCUT2D eigenvalue weighted by molar-refractivity contribution is -0.128. The minimum Gasteiger partial charge on any atom is -0.508 e. The molecule has 2 fully saturated rings. The van der Waals surface area contributed by atoms with E-state index in [1.54, 1.807) is 11.0 Å². The molecule has 16 heteroatoms. The van der Waals surface area contributed by atoms with Gasteiger partial charge in [0.05, 0.1) is 53.7 Å². The van der Waals surface area contributed by atoms with Gasteiger partial charge in [-0.1, -0.05) is 68.4 Å². The van der Waals surface area contributed by atoms with E-state index in [-0.39, 0.29) is 47.5 Å². The summed E-state index contributed by atoms with van der Waals surface area (Å²) in [4.78, 5) is 44.5. The molecule has 3 aliphatic heterocycles. The lowest BCUT2D eigenvalue weighted by Crippen LogP contribution is -2.55. The Labute approximate surface area is 381 Å². The maximum atomic E-state index is 13.0. The van der Waals surface area contributed by atoms with Gasteiger partial charge in [0.25, 0.3) is 0 Å². The topological polar surface area (TPSA) is 180 Å². The van der Waals surface area contributed by atoms with Crippen LogP contribution in [0.3, 0.4) is 0 Å². The highest BCUT2D eigenvalue weighted by molar-refractivity contribution is 6.36. The maximum Gasteiger partial charge on any atom is 0.348 e. The van der Waals surface area contributed by atoms with Gasteiger partial charge in [-0.3, -0.25) is 9.69 Å². The number of piperazine rings is 1. The van der Waals surface area contributed by atoms with E-state index >= 15 is 0 Å². The van der Waals surface area contributed by atoms with Crippen LogP contribution >= 0.6 is 11.6 Å². The number of rotatable bonds is 12. The van der Waals surface area contributed by atoms with E-state index in [1.807, 2.05) is 50.2 Å². The number of H-pyrrole nitrogens is 1. The molecular formula is C49H51ClN10O5. The maximum absolute atomic E-state index is 13.0. The molecule has 3 aliphatic rings. The fraction of sp³-hybridized carbons (Fsp3) is 0.347. The number of aromatic hydroxyl groups is 2. The number of hydrogen-bond donors (Lipinski definition) is 3. The summed E-state index contributed by atoms with van der Waals surface area (Å²) >= 11 is 6.78. The van der Waals surface area contributed by atoms with Gasteiger partial charge in [0, 0.05) is 67.9 Å². The summed E-state index contributed by atoms with van der Waals surface area (Å²) in [6, 6.07) is 25.1. The lowest BCUT2D eigenvalue weighted by Gasteiger charge is -2.42. The molecule has 0 bridgehead atoms. The number of nitriles is 1. The van der Waals surface area contributed by atoms with Crippen molar-refractivity contribution in [2.75, 3.05) is 55.7 Å². The summed E-state index contributed by atoms with van der Waals surface area (Å²) in [5.74, 6) is 0.890. The van der Waals surface area contributed by atoms with Crippen molar-refractivity contribution in [2.45, 2.75) is 58.2 Å². The number of halogens is 1. The average Bonchev–Trinajstić information content (AvgIpc) is 3.93. The van der Waals surface area contributed by atoms with Gasteiger partial charge in [-0.2, -0.15) is 20.3 Å². The first-order valence-electron chi connectivity index (χ1n) is 22.0. The minimum absolute atomic E-state index is 0.0116. The van der Waals surface area contributed by atoms with Gasteiger partial charge in [0.2, 0.25) is 5.91 Å². The summed E-state index contributed by atoms with van der Waals surface area (Å²) in [7, 11) is 0. The summed E-state index contributed by atoms with van der Waals surface area (Å²) in [5.41, 5.74) is 5.17. The molecule has 0 unspecified atom stereocenters. The van der Waals surface area contributed by atoms with Crippen LogP contribution < -0.4 is 20.2 Å². The summed E-state index contributed by atoms with van der Waals surface area (Å²) in [6.07, 6.45) is 3.13. The van der Waals surface area contributed by atoms with Crippen LogP contribution in [0.2, 0.25) is 5.02 Å². The molecule has 2 atom stereocenters. The number of benzene rings is 4. The summed E-state index contributed by atoms with van der Waals surface area (Å²) < 4.78 is 7.92. The number of aromatic amines is 1. The Kier molecular flexibility index (Phi) is 12.2. The van der Waals surface area contributed by atoms with Crippen LogP contribution in [-0.4, -0.2) is 103 Å². The Morgan fingerprint density at radius 1 is 1.02 bits per heavy atom. The predicted octanol–water partition coefficient (Wildman–Crippen LogP) is 6.94. The Bertz CT molecular complexity index is 2870. The number of ether oxygens (including phenoxy) is 1. The largest absolute Gasteiger partial charge is 0.508 e. The number of amides is 1. The highest BCUT2D eigenvalue weighted by Crippen LogP contribution is 2.39. The number of nitrogens with one attached hydrogen (secondary N) is 1. The normalized spacial score (nSPS) is 17.7. The van der Waals surface area contributed by atoms with E-state index in [9.17, 15) is 25.1 Å². The van der Waals surface area contributed by atoms with Crippen LogP contribution in [0.25, 0.3) is 27.8 Å². The van der Waals surface area contributed by atoms with Crippen LogP contribution in [0.4, 0.5) is 11.5 Å². The van der Waals surface area contributed by atoms with E-state index in [0.717, 1.165) is 65.2 Å². The molecule has 6 aromatic rings. The van der Waals surface area contributed by atoms with Gasteiger partial charge in [0.1, 0.15) is 17.3 Å². The SMILES string of the molecule is C=CC(=O)N1CCN(c2nc(OC[C@@H]3CCN(Cc4ccc(-n5c(-c6cc(C(C)C)c(O)cc6O)n[nH]c5=O)cc4)C3)nc3c2CCN(c2cccc4cccc(Cl)c24)C3)C[C@@H]1CC#N. The molecule has 0 saturated carbocycles. The van der Waals surface area contributed by atoms with Crippen LogP contribution in [-0.2, 0) is 24.3 Å². The van der Waals surface area contributed by atoms with Crippen molar-refractivity contribution in [3.63, 3.8) is 0 Å². The van der Waals surface area contributed by atoms with Crippen molar-refractivity contribution in [1.82, 2.24) is 34.5 Å². The van der Waals surface area contributed by atoms with E-state index in [1.165, 1.54) is 16.7 Å². The van der Waals surface area contributed by atoms with Crippen LogP contribution in [0.1, 0.15) is 55.0 Å². The highest BCUT2D eigenvalue weighted by Gasteiger charge is 2.34. The number of carbonyl (C=O) groups is 1. The molecule has 0 radical (unpaired) electrons. The fourth-order valence-corrected chi connectivity index (χ4v) is 9.82. The molecule has 1 amide bonds. The van der Waals surface area contributed by atoms with Gasteiger partial charge in [0.15, 0.2) is 5.82 Å². The highest BCUT2D eigenvalue weighted by atomic mass is 35.5. The Hall–Kier alpha value is -6.89. The first-order valence-corrected chi connectivity index (χ1v) is 22.4. The second-order valence-electron chi connectivity index (χ2n) is 17.4. The van der Waals surface area contributed by atoms with Crippen molar-refractivity contribution in [3.05, 3.63) is 123 Å². The molecule has 65 heavy (non-hydrogen) atoms. The zero-order chi connectivity index (χ0) is 45.4. The number of phenols is 2. The molecule has 2 saturated heterocycles. The smallest absolute Gasteiger partial charge is 0.348 e. The first-order chi connectivity index (χ1) is 31.5. The standard InChI is InChI=1S/C49H51ClN10O5/c1-4-44(63)59-22-21-58(27-35(59)15-18-51)46-36-17-20-57(41-10-6-8-33-7-5-9-39(50)45(33)41)28-40(36)52-48(53-46)65-29-32-16-19-56(26-32)25-31-11-13-34(14-12-31)60-47(54-55-49(60)64)38-23-37(30(2)3)42(61)24-43(38)62/h4-14,23-24,30,32,35,61-62H,1,15-17,19-22,25-29H2,2-3H3,(H,55,64)/t32-,35+/m1/s1. The van der Waals surface area contributed by atoms with Gasteiger partial charge >= 0.3 is 11.7 Å². The molecule has 0 aliphatic carbocycles. The van der Waals surface area contributed by atoms with Crippen LogP contribution in [0.5, 0.6) is 17.5 Å². The van der Waals surface area contributed by atoms with Crippen LogP contribution in [0.15, 0.2) is 90.2 Å². The first kappa shape index (κ1) is 43.4. The minimum atomic E-state index is -0.443. The quantitative estimate of drug-likeness (QED) is 0.108. The lowest BCUT2D eigenvalue weighted by atomic mass is 9.98. The molecule has 334 valence electrons. The molecular weight excluding hydrogens is 844 g/mol. The molecule has 9 rings (SSSR count). The summed E-state index contributed by atoms with van der Waals surface area (Å²) in [6.45, 7) is 13.1.